The van der Waals surface area contributed by atoms with Gasteiger partial charge in [0.15, 0.2) is 0 Å². The lowest BCUT2D eigenvalue weighted by molar-refractivity contribution is -0.384. The molecule has 0 unspecified atom stereocenters. The number of nitro benzene ring substituents is 1. The van der Waals surface area contributed by atoms with Gasteiger partial charge in [-0.2, -0.15) is 0 Å². The fraction of sp³-hybridized carbons (Fsp3) is 0.455. The Bertz CT molecular complexity index is 611. The Morgan fingerprint density at radius 2 is 1.52 bits per heavy atom. The molecule has 1 aromatic carbocycles. The van der Waals surface area contributed by atoms with Crippen LogP contribution in [0.1, 0.15) is 0 Å². The zero-order valence-electron chi connectivity index (χ0n) is 13.0. The van der Waals surface area contributed by atoms with Crippen molar-refractivity contribution in [2.45, 2.75) is 5.52 Å². The Hall–Kier alpha value is -1.28. The topological polar surface area (TPSA) is 126 Å². The second-order valence-electron chi connectivity index (χ2n) is 4.14. The molecule has 0 spiro atoms. The van der Waals surface area contributed by atoms with E-state index in [4.69, 9.17) is 18.1 Å². The van der Waals surface area contributed by atoms with Crippen molar-refractivity contribution in [3.8, 4) is 0 Å². The van der Waals surface area contributed by atoms with E-state index in [0.717, 1.165) is 28.4 Å². The lowest BCUT2D eigenvalue weighted by Gasteiger charge is -2.29. The Kier molecular flexibility index (Phi) is 6.88. The third kappa shape index (κ3) is 4.38. The minimum Gasteiger partial charge on any atom is -0.361 e. The van der Waals surface area contributed by atoms with Crippen molar-refractivity contribution >= 4 is 26.6 Å². The van der Waals surface area contributed by atoms with Crippen LogP contribution in [0.2, 0.25) is 0 Å². The van der Waals surface area contributed by atoms with E-state index >= 15 is 0 Å². The summed E-state index contributed by atoms with van der Waals surface area (Å²) in [4.78, 5) is 10.2. The van der Waals surface area contributed by atoms with E-state index in [9.17, 15) is 19.2 Å². The molecule has 10 nitrogen and oxygen atoms in total. The molecule has 1 rings (SSSR count). The minimum absolute atomic E-state index is 0.174. The molecule has 0 fully saturated rings. The molecule has 12 heteroatoms. The lowest BCUT2D eigenvalue weighted by atomic mass is 10.3. The summed E-state index contributed by atoms with van der Waals surface area (Å²) in [6, 6.07) is 5.33. The number of hydrogen-bond donors (Lipinski definition) is 1. The van der Waals surface area contributed by atoms with Crippen LogP contribution in [-0.2, 0) is 27.2 Å². The van der Waals surface area contributed by atoms with E-state index in [1.54, 1.807) is 0 Å². The zero-order chi connectivity index (χ0) is 17.7. The average molecular weight is 368 g/mol. The summed E-state index contributed by atoms with van der Waals surface area (Å²) in [5.41, 5.74) is -1.54. The van der Waals surface area contributed by atoms with Crippen LogP contribution >= 0.6 is 15.2 Å². The Labute approximate surface area is 133 Å². The van der Waals surface area contributed by atoms with E-state index in [-0.39, 0.29) is 11.4 Å². The molecule has 0 aliphatic heterocycles. The van der Waals surface area contributed by atoms with Crippen LogP contribution in [0.15, 0.2) is 24.3 Å². The zero-order valence-corrected chi connectivity index (χ0v) is 14.8. The van der Waals surface area contributed by atoms with Crippen LogP contribution in [0.5, 0.6) is 0 Å². The molecule has 0 bridgehead atoms. The summed E-state index contributed by atoms with van der Waals surface area (Å²) in [6.45, 7) is 0. The van der Waals surface area contributed by atoms with Gasteiger partial charge in [-0.1, -0.05) is 6.07 Å². The van der Waals surface area contributed by atoms with Gasteiger partial charge in [0, 0.05) is 46.3 Å². The number of non-ortho nitro benzene ring substituents is 1. The summed E-state index contributed by atoms with van der Waals surface area (Å²) in [5, 5.41) is 13.5. The number of benzene rings is 1. The molecule has 0 saturated carbocycles. The Morgan fingerprint density at radius 1 is 1.04 bits per heavy atom. The van der Waals surface area contributed by atoms with Gasteiger partial charge in [0.2, 0.25) is 5.52 Å². The Morgan fingerprint density at radius 3 is 1.91 bits per heavy atom. The van der Waals surface area contributed by atoms with E-state index in [1.165, 1.54) is 24.3 Å². The van der Waals surface area contributed by atoms with E-state index in [0.29, 0.717) is 0 Å². The highest BCUT2D eigenvalue weighted by Crippen LogP contribution is 2.68. The van der Waals surface area contributed by atoms with Crippen LogP contribution < -0.4 is 5.32 Å². The van der Waals surface area contributed by atoms with Crippen molar-refractivity contribution in [3.63, 3.8) is 0 Å². The van der Waals surface area contributed by atoms with Gasteiger partial charge in [-0.15, -0.1) is 0 Å². The number of nitrogens with zero attached hydrogens (tertiary/aromatic N) is 1. The van der Waals surface area contributed by atoms with Crippen molar-refractivity contribution in [3.05, 3.63) is 34.4 Å². The molecule has 0 amide bonds. The normalized spacial score (nSPS) is 12.4. The highest BCUT2D eigenvalue weighted by atomic mass is 31.2. The van der Waals surface area contributed by atoms with Gasteiger partial charge < -0.3 is 23.4 Å². The third-order valence-corrected chi connectivity index (χ3v) is 8.16. The maximum Gasteiger partial charge on any atom is 0.364 e. The fourth-order valence-electron chi connectivity index (χ4n) is 1.74. The van der Waals surface area contributed by atoms with Crippen molar-refractivity contribution < 1.29 is 32.1 Å². The summed E-state index contributed by atoms with van der Waals surface area (Å²) in [7, 11) is -3.44. The fourth-order valence-corrected chi connectivity index (χ4v) is 5.97. The maximum absolute atomic E-state index is 12.7. The first kappa shape index (κ1) is 19.8. The summed E-state index contributed by atoms with van der Waals surface area (Å²) in [5.74, 6) is 0. The largest absolute Gasteiger partial charge is 0.364 e. The van der Waals surface area contributed by atoms with E-state index in [1.807, 2.05) is 0 Å². The van der Waals surface area contributed by atoms with Crippen LogP contribution in [0, 0.1) is 10.1 Å². The quantitative estimate of drug-likeness (QED) is 0.397. The summed E-state index contributed by atoms with van der Waals surface area (Å²) >= 11 is 0. The highest BCUT2D eigenvalue weighted by Gasteiger charge is 2.49. The van der Waals surface area contributed by atoms with Gasteiger partial charge in [-0.05, 0) is 6.07 Å². The minimum atomic E-state index is -3.94. The molecule has 0 atom stereocenters. The van der Waals surface area contributed by atoms with Crippen molar-refractivity contribution in [2.24, 2.45) is 0 Å². The van der Waals surface area contributed by atoms with E-state index in [2.05, 4.69) is 5.32 Å². The number of anilines is 1. The van der Waals surface area contributed by atoms with E-state index < -0.39 is 25.6 Å². The number of nitrogens with one attached hydrogen (secondary N) is 1. The van der Waals surface area contributed by atoms with Gasteiger partial charge >= 0.3 is 15.2 Å². The lowest BCUT2D eigenvalue weighted by Crippen LogP contribution is -2.23. The predicted octanol–water partition coefficient (Wildman–Crippen LogP) is 3.26. The SMILES string of the molecule is COP(=O)(OC)C(Nc1cccc([N+](=O)[O-])c1)P(=O)(OC)OC. The van der Waals surface area contributed by atoms with Gasteiger partial charge in [0.05, 0.1) is 4.92 Å². The molecule has 0 heterocycles. The molecule has 0 aromatic heterocycles. The molecule has 0 aliphatic carbocycles. The first-order chi connectivity index (χ1) is 10.8. The molecule has 23 heavy (non-hydrogen) atoms. The molecule has 0 radical (unpaired) electrons. The third-order valence-electron chi connectivity index (χ3n) is 2.97. The summed E-state index contributed by atoms with van der Waals surface area (Å²) < 4.78 is 44.7. The molecule has 1 aromatic rings. The molecule has 0 saturated heterocycles. The average Bonchev–Trinajstić information content (AvgIpc) is 2.58. The second kappa shape index (κ2) is 8.01. The molecule has 130 valence electrons. The van der Waals surface area contributed by atoms with Crippen LogP contribution in [0.4, 0.5) is 11.4 Å². The number of nitro groups is 1. The van der Waals surface area contributed by atoms with Crippen molar-refractivity contribution in [1.82, 2.24) is 0 Å². The molecular weight excluding hydrogens is 350 g/mol. The maximum atomic E-state index is 12.7. The monoisotopic (exact) mass is 368 g/mol. The summed E-state index contributed by atoms with van der Waals surface area (Å²) in [6.07, 6.45) is 0. The second-order valence-corrected chi connectivity index (χ2v) is 9.20. The molecule has 1 N–H and O–H groups in total. The molecule has 0 aliphatic rings. The van der Waals surface area contributed by atoms with Crippen LogP contribution in [-0.4, -0.2) is 38.9 Å². The van der Waals surface area contributed by atoms with Gasteiger partial charge in [0.1, 0.15) is 0 Å². The first-order valence-corrected chi connectivity index (χ1v) is 9.42. The van der Waals surface area contributed by atoms with Crippen molar-refractivity contribution in [2.75, 3.05) is 33.8 Å². The highest BCUT2D eigenvalue weighted by molar-refractivity contribution is 7.72. The number of hydrogen-bond acceptors (Lipinski definition) is 9. The van der Waals surface area contributed by atoms with Crippen LogP contribution in [0.3, 0.4) is 0 Å². The van der Waals surface area contributed by atoms with Gasteiger partial charge in [0.25, 0.3) is 5.69 Å². The standard InChI is InChI=1S/C11H18N2O8P2/c1-18-22(16,19-2)11(23(17,20-3)21-4)12-9-6-5-7-10(8-9)13(14)15/h5-8,11-12H,1-4H3. The number of rotatable bonds is 9. The Balaban J connectivity index is 3.32. The molecular formula is C11H18N2O8P2. The van der Waals surface area contributed by atoms with Crippen molar-refractivity contribution in [1.29, 1.82) is 0 Å². The van der Waals surface area contributed by atoms with Crippen LogP contribution in [0.25, 0.3) is 0 Å². The van der Waals surface area contributed by atoms with Gasteiger partial charge in [-0.3, -0.25) is 19.2 Å². The smallest absolute Gasteiger partial charge is 0.361 e. The van der Waals surface area contributed by atoms with Gasteiger partial charge in [-0.25, -0.2) is 0 Å². The first-order valence-electron chi connectivity index (χ1n) is 6.19. The predicted molar refractivity (Wildman–Crippen MR) is 83.8 cm³/mol.